The lowest BCUT2D eigenvalue weighted by atomic mass is 10.0. The number of unbranched alkanes of at least 4 members (excludes halogenated alkanes) is 17. The Kier molecular flexibility index (Phi) is 21.3. The summed E-state index contributed by atoms with van der Waals surface area (Å²) >= 11 is 5.32. The predicted molar refractivity (Wildman–Crippen MR) is 115 cm³/mol. The Bertz CT molecular complexity index is 345. The fraction of sp³-hybridized carbons (Fsp3) is 0.913. The molecule has 0 amide bonds. The zero-order valence-corrected chi connectivity index (χ0v) is 18.5. The molecule has 0 unspecified atom stereocenters. The Morgan fingerprint density at radius 3 is 1.04 bits per heavy atom. The molecule has 0 rings (SSSR count). The van der Waals surface area contributed by atoms with Gasteiger partial charge in [-0.15, -0.1) is 0 Å². The van der Waals surface area contributed by atoms with Crippen LogP contribution in [0, 0.1) is 0 Å². The van der Waals surface area contributed by atoms with Crippen LogP contribution in [-0.2, 0) is 14.3 Å². The third-order valence-corrected chi connectivity index (χ3v) is 5.42. The Morgan fingerprint density at radius 2 is 0.778 bits per heavy atom. The molecule has 0 heterocycles. The largest absolute Gasteiger partial charge is 0.469 e. The van der Waals surface area contributed by atoms with Crippen molar-refractivity contribution in [2.75, 3.05) is 7.11 Å². The van der Waals surface area contributed by atoms with Gasteiger partial charge in [0.2, 0.25) is 5.24 Å². The molecule has 160 valence electrons. The van der Waals surface area contributed by atoms with Crippen LogP contribution < -0.4 is 0 Å². The maximum atomic E-state index is 11.0. The maximum absolute atomic E-state index is 11.0. The number of carbonyl (C=O) groups excluding carboxylic acids is 2. The monoisotopic (exact) mass is 402 g/mol. The molecule has 3 nitrogen and oxygen atoms in total. The Hall–Kier alpha value is -0.570. The normalized spacial score (nSPS) is 10.9. The van der Waals surface area contributed by atoms with Crippen molar-refractivity contribution in [1.82, 2.24) is 0 Å². The number of halogens is 1. The summed E-state index contributed by atoms with van der Waals surface area (Å²) in [5.74, 6) is -0.0770. The second-order valence-corrected chi connectivity index (χ2v) is 8.22. The van der Waals surface area contributed by atoms with Crippen molar-refractivity contribution in [3.8, 4) is 0 Å². The fourth-order valence-corrected chi connectivity index (χ4v) is 3.60. The van der Waals surface area contributed by atoms with Crippen LogP contribution in [0.3, 0.4) is 0 Å². The molecule has 0 bridgehead atoms. The van der Waals surface area contributed by atoms with Crippen LogP contribution in [-0.4, -0.2) is 18.3 Å². The molecule has 0 saturated heterocycles. The van der Waals surface area contributed by atoms with E-state index in [0.29, 0.717) is 12.8 Å². The minimum Gasteiger partial charge on any atom is -0.469 e. The van der Waals surface area contributed by atoms with Gasteiger partial charge in [-0.2, -0.15) is 0 Å². The van der Waals surface area contributed by atoms with E-state index in [-0.39, 0.29) is 11.2 Å². The first kappa shape index (κ1) is 26.4. The molecule has 0 aliphatic carbocycles. The van der Waals surface area contributed by atoms with Gasteiger partial charge in [-0.1, -0.05) is 103 Å². The van der Waals surface area contributed by atoms with Gasteiger partial charge in [0.25, 0.3) is 0 Å². The molecular formula is C23H43ClO3. The number of carbonyl (C=O) groups is 2. The van der Waals surface area contributed by atoms with Crippen molar-refractivity contribution in [3.63, 3.8) is 0 Å². The minimum absolute atomic E-state index is 0.0770. The summed E-state index contributed by atoms with van der Waals surface area (Å²) in [7, 11) is 1.46. The zero-order chi connectivity index (χ0) is 20.0. The summed E-state index contributed by atoms with van der Waals surface area (Å²) in [6.07, 6.45) is 24.2. The fourth-order valence-electron chi connectivity index (χ4n) is 3.46. The van der Waals surface area contributed by atoms with E-state index >= 15 is 0 Å². The molecule has 0 aliphatic heterocycles. The second-order valence-electron chi connectivity index (χ2n) is 7.80. The van der Waals surface area contributed by atoms with Crippen LogP contribution in [0.25, 0.3) is 0 Å². The molecule has 0 aromatic heterocycles. The Balaban J connectivity index is 3.03. The lowest BCUT2D eigenvalue weighted by Gasteiger charge is -2.04. The minimum atomic E-state index is -0.192. The number of rotatable bonds is 21. The highest BCUT2D eigenvalue weighted by molar-refractivity contribution is 6.63. The molecule has 0 aliphatic rings. The molecular weight excluding hydrogens is 360 g/mol. The van der Waals surface area contributed by atoms with Gasteiger partial charge in [0.1, 0.15) is 0 Å². The molecule has 27 heavy (non-hydrogen) atoms. The average molecular weight is 403 g/mol. The predicted octanol–water partition coefficient (Wildman–Crippen LogP) is 7.73. The van der Waals surface area contributed by atoms with Gasteiger partial charge < -0.3 is 4.74 Å². The molecule has 0 saturated carbocycles. The van der Waals surface area contributed by atoms with E-state index < -0.39 is 0 Å². The standard InChI is InChI=1S/C23H43ClO3/c1-27-23(26)21-19-17-15-13-11-9-7-5-3-2-4-6-8-10-12-14-16-18-20-22(24)25/h2-21H2,1H3. The molecule has 0 N–H and O–H groups in total. The van der Waals surface area contributed by atoms with E-state index in [9.17, 15) is 9.59 Å². The summed E-state index contributed by atoms with van der Waals surface area (Å²) < 4.78 is 4.64. The summed E-state index contributed by atoms with van der Waals surface area (Å²) in [6, 6.07) is 0. The molecule has 0 fully saturated rings. The van der Waals surface area contributed by atoms with E-state index in [0.717, 1.165) is 25.7 Å². The van der Waals surface area contributed by atoms with Crippen LogP contribution in [0.4, 0.5) is 0 Å². The van der Waals surface area contributed by atoms with E-state index in [2.05, 4.69) is 4.74 Å². The summed E-state index contributed by atoms with van der Waals surface area (Å²) in [4.78, 5) is 21.6. The third-order valence-electron chi connectivity index (χ3n) is 5.23. The van der Waals surface area contributed by atoms with Crippen molar-refractivity contribution in [3.05, 3.63) is 0 Å². The highest BCUT2D eigenvalue weighted by Gasteiger charge is 1.99. The van der Waals surface area contributed by atoms with Crippen LogP contribution in [0.5, 0.6) is 0 Å². The van der Waals surface area contributed by atoms with Crippen LogP contribution in [0.1, 0.15) is 128 Å². The van der Waals surface area contributed by atoms with Crippen LogP contribution in [0.15, 0.2) is 0 Å². The highest BCUT2D eigenvalue weighted by Crippen LogP contribution is 2.15. The molecule has 0 spiro atoms. The first-order valence-corrected chi connectivity index (χ1v) is 11.8. The summed E-state index contributed by atoms with van der Waals surface area (Å²) in [6.45, 7) is 0. The van der Waals surface area contributed by atoms with Gasteiger partial charge in [0.15, 0.2) is 0 Å². The number of hydrogen-bond acceptors (Lipinski definition) is 3. The molecule has 0 radical (unpaired) electrons. The van der Waals surface area contributed by atoms with E-state index in [4.69, 9.17) is 11.6 Å². The lowest BCUT2D eigenvalue weighted by molar-refractivity contribution is -0.140. The van der Waals surface area contributed by atoms with E-state index in [1.165, 1.54) is 97.0 Å². The van der Waals surface area contributed by atoms with Gasteiger partial charge in [-0.25, -0.2) is 0 Å². The van der Waals surface area contributed by atoms with Crippen molar-refractivity contribution >= 4 is 22.8 Å². The third kappa shape index (κ3) is 23.4. The topological polar surface area (TPSA) is 43.4 Å². The first-order chi connectivity index (χ1) is 13.2. The summed E-state index contributed by atoms with van der Waals surface area (Å²) in [5.41, 5.74) is 0. The van der Waals surface area contributed by atoms with Gasteiger partial charge in [0, 0.05) is 12.8 Å². The zero-order valence-electron chi connectivity index (χ0n) is 17.7. The molecule has 4 heteroatoms. The van der Waals surface area contributed by atoms with Gasteiger partial charge in [-0.3, -0.25) is 9.59 Å². The van der Waals surface area contributed by atoms with E-state index in [1.807, 2.05) is 0 Å². The van der Waals surface area contributed by atoms with Crippen LogP contribution >= 0.6 is 11.6 Å². The van der Waals surface area contributed by atoms with Crippen LogP contribution in [0.2, 0.25) is 0 Å². The molecule has 0 atom stereocenters. The highest BCUT2D eigenvalue weighted by atomic mass is 35.5. The SMILES string of the molecule is COC(=O)CCCCCCCCCCCCCCCCCCCCC(=O)Cl. The van der Waals surface area contributed by atoms with Crippen molar-refractivity contribution in [1.29, 1.82) is 0 Å². The average Bonchev–Trinajstić information content (AvgIpc) is 2.65. The Morgan fingerprint density at radius 1 is 0.519 bits per heavy atom. The number of ether oxygens (including phenoxy) is 1. The van der Waals surface area contributed by atoms with E-state index in [1.54, 1.807) is 0 Å². The quantitative estimate of drug-likeness (QED) is 0.112. The van der Waals surface area contributed by atoms with Crippen molar-refractivity contribution < 1.29 is 14.3 Å². The van der Waals surface area contributed by atoms with Crippen molar-refractivity contribution in [2.45, 2.75) is 128 Å². The number of hydrogen-bond donors (Lipinski definition) is 0. The van der Waals surface area contributed by atoms with Crippen molar-refractivity contribution in [2.24, 2.45) is 0 Å². The lowest BCUT2D eigenvalue weighted by Crippen LogP contribution is -1.99. The Labute approximate surface area is 173 Å². The second kappa shape index (κ2) is 21.7. The summed E-state index contributed by atoms with van der Waals surface area (Å²) in [5, 5.41) is -0.192. The van der Waals surface area contributed by atoms with Gasteiger partial charge >= 0.3 is 5.97 Å². The number of methoxy groups -OCH3 is 1. The van der Waals surface area contributed by atoms with Gasteiger partial charge in [-0.05, 0) is 24.4 Å². The number of esters is 1. The van der Waals surface area contributed by atoms with Gasteiger partial charge in [0.05, 0.1) is 7.11 Å². The molecule has 0 aromatic carbocycles. The maximum Gasteiger partial charge on any atom is 0.305 e. The first-order valence-electron chi connectivity index (χ1n) is 11.4. The smallest absolute Gasteiger partial charge is 0.305 e. The molecule has 0 aromatic rings.